The first-order valence-corrected chi connectivity index (χ1v) is 6.34. The molecule has 94 valence electrons. The lowest BCUT2D eigenvalue weighted by molar-refractivity contribution is -0.139. The summed E-state index contributed by atoms with van der Waals surface area (Å²) in [6.45, 7) is -0.468. The molecule has 0 saturated heterocycles. The number of rotatable bonds is 4. The number of halogens is 1. The Kier molecular flexibility index (Phi) is 4.33. The standard InChI is InChI=1S/C9H11ClN2O4S/c1-16-9(13)5-12-17(14,15)8-4-6(11)2-3-7(8)10/h2-4,12H,5,11H2,1H3. The van der Waals surface area contributed by atoms with E-state index >= 15 is 0 Å². The van der Waals surface area contributed by atoms with Gasteiger partial charge in [0.25, 0.3) is 0 Å². The molecule has 0 fully saturated rings. The van der Waals surface area contributed by atoms with Gasteiger partial charge in [0.05, 0.1) is 12.1 Å². The molecule has 0 aromatic heterocycles. The van der Waals surface area contributed by atoms with Gasteiger partial charge >= 0.3 is 5.97 Å². The van der Waals surface area contributed by atoms with Crippen LogP contribution in [0, 0.1) is 0 Å². The van der Waals surface area contributed by atoms with Crippen LogP contribution in [0.3, 0.4) is 0 Å². The molecule has 0 heterocycles. The van der Waals surface area contributed by atoms with Gasteiger partial charge < -0.3 is 10.5 Å². The number of benzene rings is 1. The summed E-state index contributed by atoms with van der Waals surface area (Å²) in [7, 11) is -2.72. The molecule has 0 aliphatic heterocycles. The summed E-state index contributed by atoms with van der Waals surface area (Å²) >= 11 is 5.74. The van der Waals surface area contributed by atoms with E-state index in [0.717, 1.165) is 7.11 Å². The maximum Gasteiger partial charge on any atom is 0.320 e. The summed E-state index contributed by atoms with van der Waals surface area (Å²) in [5.74, 6) is -0.700. The van der Waals surface area contributed by atoms with Crippen LogP contribution in [0.1, 0.15) is 0 Å². The Morgan fingerprint density at radius 3 is 2.76 bits per heavy atom. The molecule has 1 rings (SSSR count). The van der Waals surface area contributed by atoms with E-state index in [4.69, 9.17) is 17.3 Å². The molecule has 0 bridgehead atoms. The van der Waals surface area contributed by atoms with Crippen molar-refractivity contribution >= 4 is 33.3 Å². The van der Waals surface area contributed by atoms with Crippen molar-refractivity contribution in [3.8, 4) is 0 Å². The number of sulfonamides is 1. The Labute approximate surface area is 104 Å². The van der Waals surface area contributed by atoms with Crippen molar-refractivity contribution in [2.75, 3.05) is 19.4 Å². The van der Waals surface area contributed by atoms with Crippen LogP contribution in [0.25, 0.3) is 0 Å². The third-order valence-corrected chi connectivity index (χ3v) is 3.76. The monoisotopic (exact) mass is 278 g/mol. The maximum absolute atomic E-state index is 11.8. The molecule has 6 nitrogen and oxygen atoms in total. The van der Waals surface area contributed by atoms with E-state index in [1.54, 1.807) is 0 Å². The van der Waals surface area contributed by atoms with E-state index in [9.17, 15) is 13.2 Å². The van der Waals surface area contributed by atoms with Crippen molar-refractivity contribution < 1.29 is 17.9 Å². The van der Waals surface area contributed by atoms with Gasteiger partial charge in [-0.3, -0.25) is 4.79 Å². The molecule has 1 aromatic carbocycles. The Morgan fingerprint density at radius 2 is 2.18 bits per heavy atom. The van der Waals surface area contributed by atoms with Gasteiger partial charge in [0.2, 0.25) is 10.0 Å². The first-order chi connectivity index (χ1) is 7.86. The van der Waals surface area contributed by atoms with Gasteiger partial charge in [0.15, 0.2) is 0 Å². The van der Waals surface area contributed by atoms with Gasteiger partial charge in [0.1, 0.15) is 11.4 Å². The summed E-state index contributed by atoms with van der Waals surface area (Å²) < 4.78 is 29.9. The van der Waals surface area contributed by atoms with E-state index < -0.39 is 22.5 Å². The zero-order valence-electron chi connectivity index (χ0n) is 8.94. The topological polar surface area (TPSA) is 98.5 Å². The minimum Gasteiger partial charge on any atom is -0.468 e. The van der Waals surface area contributed by atoms with Crippen LogP contribution in [-0.4, -0.2) is 28.0 Å². The molecule has 0 spiro atoms. The highest BCUT2D eigenvalue weighted by molar-refractivity contribution is 7.89. The first kappa shape index (κ1) is 13.8. The zero-order chi connectivity index (χ0) is 13.1. The molecular formula is C9H11ClN2O4S. The molecule has 0 radical (unpaired) electrons. The minimum absolute atomic E-state index is 0.0246. The predicted molar refractivity (Wildman–Crippen MR) is 63.1 cm³/mol. The second-order valence-electron chi connectivity index (χ2n) is 3.09. The van der Waals surface area contributed by atoms with Crippen LogP contribution < -0.4 is 10.5 Å². The fourth-order valence-electron chi connectivity index (χ4n) is 1.03. The van der Waals surface area contributed by atoms with Crippen molar-refractivity contribution in [3.63, 3.8) is 0 Å². The smallest absolute Gasteiger partial charge is 0.320 e. The second kappa shape index (κ2) is 5.35. The average molecular weight is 279 g/mol. The van der Waals surface area contributed by atoms with Gasteiger partial charge in [-0.15, -0.1) is 0 Å². The van der Waals surface area contributed by atoms with Gasteiger partial charge in [-0.2, -0.15) is 4.72 Å². The Hall–Kier alpha value is -1.31. The predicted octanol–water partition coefficient (Wildman–Crippen LogP) is 0.374. The summed E-state index contributed by atoms with van der Waals surface area (Å²) in [4.78, 5) is 10.7. The number of nitrogens with one attached hydrogen (secondary N) is 1. The minimum atomic E-state index is -3.88. The number of hydrogen-bond acceptors (Lipinski definition) is 5. The number of carbonyl (C=O) groups excluding carboxylic acids is 1. The maximum atomic E-state index is 11.8. The molecule has 0 saturated carbocycles. The van der Waals surface area contributed by atoms with Crippen LogP contribution in [0.5, 0.6) is 0 Å². The molecular weight excluding hydrogens is 268 g/mol. The van der Waals surface area contributed by atoms with E-state index in [-0.39, 0.29) is 15.6 Å². The quantitative estimate of drug-likeness (QED) is 0.612. The Morgan fingerprint density at radius 1 is 1.53 bits per heavy atom. The highest BCUT2D eigenvalue weighted by Gasteiger charge is 2.19. The van der Waals surface area contributed by atoms with Crippen molar-refractivity contribution in [1.29, 1.82) is 0 Å². The van der Waals surface area contributed by atoms with Crippen molar-refractivity contribution in [2.45, 2.75) is 4.90 Å². The SMILES string of the molecule is COC(=O)CNS(=O)(=O)c1cc(N)ccc1Cl. The second-order valence-corrected chi connectivity index (χ2v) is 5.23. The number of methoxy groups -OCH3 is 1. The molecule has 8 heteroatoms. The number of hydrogen-bond donors (Lipinski definition) is 2. The van der Waals surface area contributed by atoms with Gasteiger partial charge in [-0.1, -0.05) is 11.6 Å². The summed E-state index contributed by atoms with van der Waals surface area (Å²) in [5.41, 5.74) is 5.72. The number of nitrogen functional groups attached to an aromatic ring is 1. The zero-order valence-corrected chi connectivity index (χ0v) is 10.5. The molecule has 0 amide bonds. The molecule has 17 heavy (non-hydrogen) atoms. The van der Waals surface area contributed by atoms with E-state index in [1.165, 1.54) is 18.2 Å². The normalized spacial score (nSPS) is 11.2. The van der Waals surface area contributed by atoms with Crippen molar-refractivity contribution in [1.82, 2.24) is 4.72 Å². The average Bonchev–Trinajstić information content (AvgIpc) is 2.29. The summed E-state index contributed by atoms with van der Waals surface area (Å²) in [6, 6.07) is 4.05. The van der Waals surface area contributed by atoms with E-state index in [2.05, 4.69) is 9.46 Å². The number of esters is 1. The van der Waals surface area contributed by atoms with E-state index in [0.29, 0.717) is 0 Å². The largest absolute Gasteiger partial charge is 0.468 e. The van der Waals surface area contributed by atoms with E-state index in [1.807, 2.05) is 0 Å². The Balaban J connectivity index is 2.97. The summed E-state index contributed by atoms with van der Waals surface area (Å²) in [5, 5.41) is 0.0246. The third kappa shape index (κ3) is 3.58. The van der Waals surface area contributed by atoms with Crippen LogP contribution in [0.2, 0.25) is 5.02 Å². The molecule has 3 N–H and O–H groups in total. The highest BCUT2D eigenvalue weighted by Crippen LogP contribution is 2.23. The van der Waals surface area contributed by atoms with Crippen LogP contribution in [0.15, 0.2) is 23.1 Å². The molecule has 0 aliphatic carbocycles. The van der Waals surface area contributed by atoms with Gasteiger partial charge in [0, 0.05) is 5.69 Å². The van der Waals surface area contributed by atoms with Crippen LogP contribution >= 0.6 is 11.6 Å². The molecule has 0 unspecified atom stereocenters. The fraction of sp³-hybridized carbons (Fsp3) is 0.222. The number of anilines is 1. The lowest BCUT2D eigenvalue weighted by Gasteiger charge is -2.08. The summed E-state index contributed by atoms with van der Waals surface area (Å²) in [6.07, 6.45) is 0. The van der Waals surface area contributed by atoms with Crippen LogP contribution in [-0.2, 0) is 19.6 Å². The molecule has 0 atom stereocenters. The first-order valence-electron chi connectivity index (χ1n) is 4.48. The highest BCUT2D eigenvalue weighted by atomic mass is 35.5. The van der Waals surface area contributed by atoms with Crippen molar-refractivity contribution in [2.24, 2.45) is 0 Å². The van der Waals surface area contributed by atoms with Gasteiger partial charge in [-0.05, 0) is 18.2 Å². The number of nitrogens with two attached hydrogens (primary N) is 1. The van der Waals surface area contributed by atoms with Crippen molar-refractivity contribution in [3.05, 3.63) is 23.2 Å². The lowest BCUT2D eigenvalue weighted by Crippen LogP contribution is -2.30. The van der Waals surface area contributed by atoms with Crippen LogP contribution in [0.4, 0.5) is 5.69 Å². The molecule has 1 aromatic rings. The lowest BCUT2D eigenvalue weighted by atomic mass is 10.3. The molecule has 0 aliphatic rings. The van der Waals surface area contributed by atoms with Gasteiger partial charge in [-0.25, -0.2) is 8.42 Å². The number of ether oxygens (including phenoxy) is 1. The fourth-order valence-corrected chi connectivity index (χ4v) is 2.53. The third-order valence-electron chi connectivity index (χ3n) is 1.88. The Bertz CT molecular complexity index is 530. The number of carbonyl (C=O) groups is 1.